The smallest absolute Gasteiger partial charge is 0.0700 e. The topological polar surface area (TPSA) is 33.7 Å². The first-order valence-corrected chi connectivity index (χ1v) is 7.78. The molecule has 1 atom stereocenters. The standard InChI is InChI=1S/C15H32N2O2/c1-14(2)16-13-15-7-4-5-8-17(15)9-6-10-19-12-11-18-3/h14-16H,4-13H2,1-3H3. The van der Waals surface area contributed by atoms with Crippen LogP contribution in [-0.4, -0.2) is 63.5 Å². The van der Waals surface area contributed by atoms with Gasteiger partial charge in [0.2, 0.25) is 0 Å². The maximum atomic E-state index is 5.53. The Labute approximate surface area is 118 Å². The number of nitrogens with one attached hydrogen (secondary N) is 1. The van der Waals surface area contributed by atoms with Crippen LogP contribution < -0.4 is 5.32 Å². The van der Waals surface area contributed by atoms with Gasteiger partial charge in [0.25, 0.3) is 0 Å². The van der Waals surface area contributed by atoms with E-state index in [1.54, 1.807) is 7.11 Å². The number of ether oxygens (including phenoxy) is 2. The molecule has 1 heterocycles. The summed E-state index contributed by atoms with van der Waals surface area (Å²) in [5, 5.41) is 3.57. The SMILES string of the molecule is COCCOCCCN1CCCCC1CNC(C)C. The third-order valence-electron chi connectivity index (χ3n) is 3.68. The van der Waals surface area contributed by atoms with Crippen LogP contribution in [0.15, 0.2) is 0 Å². The summed E-state index contributed by atoms with van der Waals surface area (Å²) in [7, 11) is 1.71. The minimum atomic E-state index is 0.584. The van der Waals surface area contributed by atoms with Crippen LogP contribution in [0.3, 0.4) is 0 Å². The number of piperidine rings is 1. The molecule has 0 saturated carbocycles. The summed E-state index contributed by atoms with van der Waals surface area (Å²) >= 11 is 0. The van der Waals surface area contributed by atoms with Gasteiger partial charge in [-0.25, -0.2) is 0 Å². The average molecular weight is 272 g/mol. The van der Waals surface area contributed by atoms with Crippen molar-refractivity contribution in [2.75, 3.05) is 46.6 Å². The van der Waals surface area contributed by atoms with Crippen molar-refractivity contribution >= 4 is 0 Å². The highest BCUT2D eigenvalue weighted by Crippen LogP contribution is 2.16. The number of hydrogen-bond acceptors (Lipinski definition) is 4. The molecule has 0 aliphatic carbocycles. The highest BCUT2D eigenvalue weighted by atomic mass is 16.5. The van der Waals surface area contributed by atoms with E-state index in [4.69, 9.17) is 9.47 Å². The summed E-state index contributed by atoms with van der Waals surface area (Å²) in [6, 6.07) is 1.30. The highest BCUT2D eigenvalue weighted by Gasteiger charge is 2.21. The molecule has 19 heavy (non-hydrogen) atoms. The Balaban J connectivity index is 2.13. The van der Waals surface area contributed by atoms with E-state index in [1.807, 2.05) is 0 Å². The van der Waals surface area contributed by atoms with E-state index in [9.17, 15) is 0 Å². The van der Waals surface area contributed by atoms with Crippen LogP contribution in [0.2, 0.25) is 0 Å². The van der Waals surface area contributed by atoms with Crippen molar-refractivity contribution in [3.63, 3.8) is 0 Å². The fourth-order valence-electron chi connectivity index (χ4n) is 2.57. The lowest BCUT2D eigenvalue weighted by Gasteiger charge is -2.36. The minimum Gasteiger partial charge on any atom is -0.382 e. The molecule has 0 aromatic rings. The zero-order valence-electron chi connectivity index (χ0n) is 13.0. The Morgan fingerprint density at radius 3 is 2.79 bits per heavy atom. The van der Waals surface area contributed by atoms with E-state index in [1.165, 1.54) is 25.8 Å². The van der Waals surface area contributed by atoms with Gasteiger partial charge in [0.15, 0.2) is 0 Å². The van der Waals surface area contributed by atoms with Crippen LogP contribution in [0.5, 0.6) is 0 Å². The van der Waals surface area contributed by atoms with Gasteiger partial charge in [-0.05, 0) is 25.8 Å². The molecule has 0 bridgehead atoms. The molecule has 0 radical (unpaired) electrons. The number of hydrogen-bond donors (Lipinski definition) is 1. The number of likely N-dealkylation sites (tertiary alicyclic amines) is 1. The number of rotatable bonds is 10. The molecule has 0 spiro atoms. The molecule has 114 valence electrons. The quantitative estimate of drug-likeness (QED) is 0.616. The van der Waals surface area contributed by atoms with E-state index in [0.29, 0.717) is 12.6 Å². The van der Waals surface area contributed by atoms with Crippen LogP contribution >= 0.6 is 0 Å². The highest BCUT2D eigenvalue weighted by molar-refractivity contribution is 4.79. The molecule has 0 amide bonds. The Morgan fingerprint density at radius 1 is 1.21 bits per heavy atom. The lowest BCUT2D eigenvalue weighted by molar-refractivity contribution is 0.0592. The van der Waals surface area contributed by atoms with Crippen molar-refractivity contribution in [1.82, 2.24) is 10.2 Å². The maximum Gasteiger partial charge on any atom is 0.0700 e. The molecule has 1 N–H and O–H groups in total. The Morgan fingerprint density at radius 2 is 2.05 bits per heavy atom. The predicted octanol–water partition coefficient (Wildman–Crippen LogP) is 1.89. The second-order valence-electron chi connectivity index (χ2n) is 5.71. The van der Waals surface area contributed by atoms with Gasteiger partial charge in [0, 0.05) is 38.9 Å². The number of methoxy groups -OCH3 is 1. The molecule has 1 unspecified atom stereocenters. The maximum absolute atomic E-state index is 5.53. The fourth-order valence-corrected chi connectivity index (χ4v) is 2.57. The summed E-state index contributed by atoms with van der Waals surface area (Å²) in [5.74, 6) is 0. The third-order valence-corrected chi connectivity index (χ3v) is 3.68. The molecule has 0 aromatic carbocycles. The zero-order valence-corrected chi connectivity index (χ0v) is 13.0. The van der Waals surface area contributed by atoms with Gasteiger partial charge < -0.3 is 14.8 Å². The largest absolute Gasteiger partial charge is 0.382 e. The van der Waals surface area contributed by atoms with E-state index >= 15 is 0 Å². The lowest BCUT2D eigenvalue weighted by atomic mass is 10.0. The van der Waals surface area contributed by atoms with E-state index < -0.39 is 0 Å². The van der Waals surface area contributed by atoms with Crippen molar-refractivity contribution in [3.05, 3.63) is 0 Å². The van der Waals surface area contributed by atoms with Crippen molar-refractivity contribution < 1.29 is 9.47 Å². The predicted molar refractivity (Wildman–Crippen MR) is 79.7 cm³/mol. The first kappa shape index (κ1) is 16.9. The summed E-state index contributed by atoms with van der Waals surface area (Å²) in [5.41, 5.74) is 0. The minimum absolute atomic E-state index is 0.584. The Kier molecular flexibility index (Phi) is 9.43. The second-order valence-corrected chi connectivity index (χ2v) is 5.71. The van der Waals surface area contributed by atoms with E-state index in [2.05, 4.69) is 24.1 Å². The second kappa shape index (κ2) is 10.6. The molecule has 4 heteroatoms. The molecule has 1 aliphatic rings. The van der Waals surface area contributed by atoms with Crippen LogP contribution in [-0.2, 0) is 9.47 Å². The summed E-state index contributed by atoms with van der Waals surface area (Å²) in [6.45, 7) is 10.2. The van der Waals surface area contributed by atoms with Crippen LogP contribution in [0.1, 0.15) is 39.5 Å². The molecule has 1 saturated heterocycles. The number of nitrogens with zero attached hydrogens (tertiary/aromatic N) is 1. The van der Waals surface area contributed by atoms with Crippen molar-refractivity contribution in [2.45, 2.75) is 51.6 Å². The Bertz CT molecular complexity index is 212. The van der Waals surface area contributed by atoms with Crippen molar-refractivity contribution in [3.8, 4) is 0 Å². The van der Waals surface area contributed by atoms with E-state index in [-0.39, 0.29) is 0 Å². The molecular formula is C15H32N2O2. The third kappa shape index (κ3) is 7.88. The van der Waals surface area contributed by atoms with Gasteiger partial charge in [0.05, 0.1) is 13.2 Å². The van der Waals surface area contributed by atoms with Gasteiger partial charge in [0.1, 0.15) is 0 Å². The van der Waals surface area contributed by atoms with E-state index in [0.717, 1.165) is 38.8 Å². The zero-order chi connectivity index (χ0) is 13.9. The van der Waals surface area contributed by atoms with Gasteiger partial charge in [-0.15, -0.1) is 0 Å². The fraction of sp³-hybridized carbons (Fsp3) is 1.00. The van der Waals surface area contributed by atoms with Crippen LogP contribution in [0.4, 0.5) is 0 Å². The molecule has 1 aliphatic heterocycles. The van der Waals surface area contributed by atoms with Crippen molar-refractivity contribution in [2.24, 2.45) is 0 Å². The Hall–Kier alpha value is -0.160. The summed E-state index contributed by atoms with van der Waals surface area (Å²) in [4.78, 5) is 2.64. The van der Waals surface area contributed by atoms with Gasteiger partial charge in [-0.3, -0.25) is 4.90 Å². The van der Waals surface area contributed by atoms with Gasteiger partial charge >= 0.3 is 0 Å². The average Bonchev–Trinajstić information content (AvgIpc) is 2.41. The molecule has 4 nitrogen and oxygen atoms in total. The molecular weight excluding hydrogens is 240 g/mol. The molecule has 1 fully saturated rings. The first-order chi connectivity index (χ1) is 9.24. The van der Waals surface area contributed by atoms with Gasteiger partial charge in [-0.1, -0.05) is 20.3 Å². The lowest BCUT2D eigenvalue weighted by Crippen LogP contribution is -2.47. The van der Waals surface area contributed by atoms with Gasteiger partial charge in [-0.2, -0.15) is 0 Å². The van der Waals surface area contributed by atoms with Crippen LogP contribution in [0.25, 0.3) is 0 Å². The normalized spacial score (nSPS) is 21.2. The molecule has 1 rings (SSSR count). The molecule has 0 aromatic heterocycles. The summed E-state index contributed by atoms with van der Waals surface area (Å²) < 4.78 is 10.5. The van der Waals surface area contributed by atoms with Crippen molar-refractivity contribution in [1.29, 1.82) is 0 Å². The first-order valence-electron chi connectivity index (χ1n) is 7.78. The monoisotopic (exact) mass is 272 g/mol. The summed E-state index contributed by atoms with van der Waals surface area (Å²) in [6.07, 6.45) is 5.19. The van der Waals surface area contributed by atoms with Crippen LogP contribution in [0, 0.1) is 0 Å².